The maximum atomic E-state index is 11.3. The van der Waals surface area contributed by atoms with Crippen molar-refractivity contribution in [2.75, 3.05) is 6.54 Å². The lowest BCUT2D eigenvalue weighted by Crippen LogP contribution is -2.55. The predicted octanol–water partition coefficient (Wildman–Crippen LogP) is -0.874. The van der Waals surface area contributed by atoms with Crippen LogP contribution in [-0.4, -0.2) is 40.8 Å². The SMILES string of the molecule is O=C(O)CN1C(=O)C2C=CC1OO2. The van der Waals surface area contributed by atoms with Gasteiger partial charge in [0.1, 0.15) is 6.54 Å². The first-order valence-electron chi connectivity index (χ1n) is 3.71. The smallest absolute Gasteiger partial charge is 0.323 e. The van der Waals surface area contributed by atoms with E-state index in [1.807, 2.05) is 0 Å². The molecule has 1 fully saturated rings. The van der Waals surface area contributed by atoms with Crippen molar-refractivity contribution in [3.8, 4) is 0 Å². The summed E-state index contributed by atoms with van der Waals surface area (Å²) in [5.74, 6) is -1.45. The minimum Gasteiger partial charge on any atom is -0.480 e. The zero-order chi connectivity index (χ0) is 9.42. The zero-order valence-electron chi connectivity index (χ0n) is 6.54. The largest absolute Gasteiger partial charge is 0.480 e. The van der Waals surface area contributed by atoms with Crippen LogP contribution in [0, 0.1) is 0 Å². The molecule has 6 heteroatoms. The van der Waals surface area contributed by atoms with Gasteiger partial charge in [-0.15, -0.1) is 0 Å². The summed E-state index contributed by atoms with van der Waals surface area (Å²) in [5, 5.41) is 8.50. The number of hydrogen-bond acceptors (Lipinski definition) is 4. The van der Waals surface area contributed by atoms with E-state index in [-0.39, 0.29) is 12.5 Å². The van der Waals surface area contributed by atoms with Crippen molar-refractivity contribution < 1.29 is 24.5 Å². The highest BCUT2D eigenvalue weighted by atomic mass is 17.2. The average molecular weight is 185 g/mol. The monoisotopic (exact) mass is 185 g/mol. The molecule has 0 aromatic rings. The lowest BCUT2D eigenvalue weighted by atomic mass is 10.1. The van der Waals surface area contributed by atoms with Gasteiger partial charge in [-0.2, -0.15) is 0 Å². The molecule has 0 saturated carbocycles. The van der Waals surface area contributed by atoms with Crippen LogP contribution in [0.15, 0.2) is 12.2 Å². The van der Waals surface area contributed by atoms with Gasteiger partial charge in [-0.1, -0.05) is 0 Å². The zero-order valence-corrected chi connectivity index (χ0v) is 6.54. The molecule has 1 amide bonds. The van der Waals surface area contributed by atoms with Gasteiger partial charge in [-0.05, 0) is 12.2 Å². The second-order valence-electron chi connectivity index (χ2n) is 2.75. The van der Waals surface area contributed by atoms with Gasteiger partial charge in [0.2, 0.25) is 0 Å². The first-order chi connectivity index (χ1) is 6.18. The third kappa shape index (κ3) is 1.30. The molecule has 0 aliphatic carbocycles. The molecule has 3 aliphatic rings. The van der Waals surface area contributed by atoms with E-state index in [4.69, 9.17) is 9.99 Å². The Hall–Kier alpha value is -1.40. The molecule has 2 atom stereocenters. The molecule has 1 N–H and O–H groups in total. The highest BCUT2D eigenvalue weighted by molar-refractivity contribution is 5.87. The fraction of sp³-hybridized carbons (Fsp3) is 0.429. The normalized spacial score (nSPS) is 31.1. The van der Waals surface area contributed by atoms with Gasteiger partial charge >= 0.3 is 5.97 Å². The van der Waals surface area contributed by atoms with Crippen LogP contribution in [0.5, 0.6) is 0 Å². The van der Waals surface area contributed by atoms with Gasteiger partial charge in [-0.25, -0.2) is 9.78 Å². The number of carboxylic acids is 1. The molecule has 6 nitrogen and oxygen atoms in total. The Morgan fingerprint density at radius 1 is 1.54 bits per heavy atom. The van der Waals surface area contributed by atoms with Crippen LogP contribution in [0.3, 0.4) is 0 Å². The van der Waals surface area contributed by atoms with Gasteiger partial charge in [0, 0.05) is 0 Å². The topological polar surface area (TPSA) is 76.1 Å². The minimum atomic E-state index is -1.07. The van der Waals surface area contributed by atoms with E-state index < -0.39 is 18.3 Å². The highest BCUT2D eigenvalue weighted by Crippen LogP contribution is 2.22. The predicted molar refractivity (Wildman–Crippen MR) is 38.2 cm³/mol. The Labute approximate surface area is 73.3 Å². The quantitative estimate of drug-likeness (QED) is 0.447. The molecule has 3 rings (SSSR count). The summed E-state index contributed by atoms with van der Waals surface area (Å²) in [6.07, 6.45) is 1.66. The van der Waals surface area contributed by atoms with E-state index in [9.17, 15) is 9.59 Å². The summed E-state index contributed by atoms with van der Waals surface area (Å²) in [6, 6.07) is 0. The van der Waals surface area contributed by atoms with Crippen molar-refractivity contribution in [3.63, 3.8) is 0 Å². The standard InChI is InChI=1S/C7H7NO5/c9-6(10)3-8-5-2-1-4(7(8)11)12-13-5/h1-2,4-5H,3H2,(H,9,10). The summed E-state index contributed by atoms with van der Waals surface area (Å²) in [7, 11) is 0. The van der Waals surface area contributed by atoms with E-state index in [1.165, 1.54) is 0 Å². The summed E-state index contributed by atoms with van der Waals surface area (Å²) in [4.78, 5) is 32.2. The Bertz CT molecular complexity index is 287. The van der Waals surface area contributed by atoms with Crippen LogP contribution in [-0.2, 0) is 19.4 Å². The van der Waals surface area contributed by atoms with Gasteiger partial charge < -0.3 is 5.11 Å². The first kappa shape index (κ1) is 8.21. The number of carboxylic acid groups (broad SMARTS) is 1. The number of amides is 1. The van der Waals surface area contributed by atoms with Crippen molar-refractivity contribution in [2.24, 2.45) is 0 Å². The van der Waals surface area contributed by atoms with E-state index in [2.05, 4.69) is 4.89 Å². The molecule has 13 heavy (non-hydrogen) atoms. The van der Waals surface area contributed by atoms with Crippen molar-refractivity contribution in [1.29, 1.82) is 0 Å². The van der Waals surface area contributed by atoms with Crippen LogP contribution in [0.25, 0.3) is 0 Å². The van der Waals surface area contributed by atoms with Crippen LogP contribution in [0.2, 0.25) is 0 Å². The minimum absolute atomic E-state index is 0.367. The number of fused-ring (bicyclic) bond motifs is 2. The number of carbonyl (C=O) groups excluding carboxylic acids is 1. The molecule has 0 aromatic heterocycles. The average Bonchev–Trinajstić information content (AvgIpc) is 2.11. The molecule has 70 valence electrons. The third-order valence-electron chi connectivity index (χ3n) is 1.85. The van der Waals surface area contributed by atoms with E-state index in [0.717, 1.165) is 4.90 Å². The fourth-order valence-corrected chi connectivity index (χ4v) is 1.26. The molecular formula is C7H7NO5. The Morgan fingerprint density at radius 3 is 2.77 bits per heavy atom. The van der Waals surface area contributed by atoms with Gasteiger partial charge in [0.25, 0.3) is 5.91 Å². The Morgan fingerprint density at radius 2 is 2.31 bits per heavy atom. The van der Waals surface area contributed by atoms with Crippen molar-refractivity contribution in [3.05, 3.63) is 12.2 Å². The first-order valence-corrected chi connectivity index (χ1v) is 3.71. The van der Waals surface area contributed by atoms with Crippen LogP contribution >= 0.6 is 0 Å². The van der Waals surface area contributed by atoms with Crippen LogP contribution in [0.4, 0.5) is 0 Å². The fourth-order valence-electron chi connectivity index (χ4n) is 1.26. The molecule has 0 aromatic carbocycles. The van der Waals surface area contributed by atoms with E-state index >= 15 is 0 Å². The molecule has 2 unspecified atom stereocenters. The van der Waals surface area contributed by atoms with Crippen molar-refractivity contribution in [1.82, 2.24) is 4.90 Å². The second kappa shape index (κ2) is 2.82. The molecule has 0 radical (unpaired) electrons. The molecule has 2 bridgehead atoms. The number of hydrogen-bond donors (Lipinski definition) is 1. The Kier molecular flexibility index (Phi) is 1.78. The number of rotatable bonds is 2. The van der Waals surface area contributed by atoms with Crippen molar-refractivity contribution >= 4 is 11.9 Å². The van der Waals surface area contributed by atoms with E-state index in [1.54, 1.807) is 12.2 Å². The Balaban J connectivity index is 2.16. The summed E-state index contributed by atoms with van der Waals surface area (Å²) < 4.78 is 0. The van der Waals surface area contributed by atoms with Crippen LogP contribution in [0.1, 0.15) is 0 Å². The lowest BCUT2D eigenvalue weighted by molar-refractivity contribution is -0.374. The lowest BCUT2D eigenvalue weighted by Gasteiger charge is -2.37. The number of nitrogens with zero attached hydrogens (tertiary/aromatic N) is 1. The molecule has 1 saturated heterocycles. The number of aliphatic carboxylic acids is 1. The van der Waals surface area contributed by atoms with E-state index in [0.29, 0.717) is 0 Å². The van der Waals surface area contributed by atoms with Gasteiger partial charge in [0.05, 0.1) is 0 Å². The maximum absolute atomic E-state index is 11.3. The summed E-state index contributed by atoms with van der Waals surface area (Å²) in [5.41, 5.74) is 0. The highest BCUT2D eigenvalue weighted by Gasteiger charge is 2.40. The molecular weight excluding hydrogens is 178 g/mol. The molecule has 3 aliphatic heterocycles. The van der Waals surface area contributed by atoms with Crippen LogP contribution < -0.4 is 0 Å². The van der Waals surface area contributed by atoms with Crippen molar-refractivity contribution in [2.45, 2.75) is 12.3 Å². The molecule has 3 heterocycles. The maximum Gasteiger partial charge on any atom is 0.323 e. The van der Waals surface area contributed by atoms with Gasteiger partial charge in [-0.3, -0.25) is 14.5 Å². The summed E-state index contributed by atoms with van der Waals surface area (Å²) >= 11 is 0. The third-order valence-corrected chi connectivity index (χ3v) is 1.85. The summed E-state index contributed by atoms with van der Waals surface area (Å²) in [6.45, 7) is -0.367. The van der Waals surface area contributed by atoms with Gasteiger partial charge in [0.15, 0.2) is 12.3 Å². The number of carbonyl (C=O) groups is 2. The second-order valence-corrected chi connectivity index (χ2v) is 2.75. The molecule has 0 spiro atoms.